The summed E-state index contributed by atoms with van der Waals surface area (Å²) in [6.07, 6.45) is 2.89. The Hall–Kier alpha value is -1.69. The lowest BCUT2D eigenvalue weighted by Gasteiger charge is -2.34. The van der Waals surface area contributed by atoms with E-state index in [1.165, 1.54) is 23.3 Å². The number of amides is 1. The number of nitrogens with zero attached hydrogens (tertiary/aromatic N) is 3. The number of guanidine groups is 1. The van der Waals surface area contributed by atoms with E-state index in [1.54, 1.807) is 0 Å². The highest BCUT2D eigenvalue weighted by molar-refractivity contribution is 8.00. The first-order chi connectivity index (χ1) is 12.7. The fraction of sp³-hybridized carbons (Fsp3) is 0.600. The van der Waals surface area contributed by atoms with Gasteiger partial charge in [0.05, 0.1) is 0 Å². The number of thioether (sulfide) groups is 1. The Kier molecular flexibility index (Phi) is 6.83. The molecule has 1 atom stereocenters. The van der Waals surface area contributed by atoms with Crippen LogP contribution in [0.3, 0.4) is 0 Å². The Bertz CT molecular complexity index is 648. The van der Waals surface area contributed by atoms with Gasteiger partial charge in [-0.05, 0) is 24.0 Å². The third-order valence-electron chi connectivity index (χ3n) is 5.09. The molecule has 0 bridgehead atoms. The van der Waals surface area contributed by atoms with Gasteiger partial charge in [0.2, 0.25) is 5.91 Å². The van der Waals surface area contributed by atoms with E-state index in [0.29, 0.717) is 11.7 Å². The molecule has 1 unspecified atom stereocenters. The Labute approximate surface area is 161 Å². The topological polar surface area (TPSA) is 47.9 Å². The molecule has 1 aromatic carbocycles. The van der Waals surface area contributed by atoms with E-state index >= 15 is 0 Å². The maximum absolute atomic E-state index is 11.8. The first kappa shape index (κ1) is 19.1. The second kappa shape index (κ2) is 9.31. The summed E-state index contributed by atoms with van der Waals surface area (Å²) in [5.41, 5.74) is 2.43. The average molecular weight is 375 g/mol. The van der Waals surface area contributed by atoms with Gasteiger partial charge >= 0.3 is 0 Å². The van der Waals surface area contributed by atoms with Crippen molar-refractivity contribution in [1.82, 2.24) is 15.1 Å². The summed E-state index contributed by atoms with van der Waals surface area (Å²) in [7, 11) is 1.86. The molecule has 2 aliphatic rings. The summed E-state index contributed by atoms with van der Waals surface area (Å²) in [5, 5.41) is 4.21. The van der Waals surface area contributed by atoms with Crippen LogP contribution in [0.2, 0.25) is 0 Å². The molecule has 2 heterocycles. The van der Waals surface area contributed by atoms with Crippen molar-refractivity contribution in [2.45, 2.75) is 44.5 Å². The van der Waals surface area contributed by atoms with Crippen LogP contribution in [0, 0.1) is 0 Å². The van der Waals surface area contributed by atoms with Crippen LogP contribution < -0.4 is 5.32 Å². The van der Waals surface area contributed by atoms with Crippen LogP contribution in [0.4, 0.5) is 0 Å². The Morgan fingerprint density at radius 1 is 1.35 bits per heavy atom. The molecule has 0 radical (unpaired) electrons. The predicted molar refractivity (Wildman–Crippen MR) is 109 cm³/mol. The van der Waals surface area contributed by atoms with E-state index in [1.807, 2.05) is 11.9 Å². The summed E-state index contributed by atoms with van der Waals surface area (Å²) < 4.78 is 0. The number of benzene rings is 1. The smallest absolute Gasteiger partial charge is 0.222 e. The fourth-order valence-corrected chi connectivity index (χ4v) is 4.78. The van der Waals surface area contributed by atoms with E-state index in [4.69, 9.17) is 0 Å². The maximum Gasteiger partial charge on any atom is 0.222 e. The number of rotatable bonds is 5. The molecule has 26 heavy (non-hydrogen) atoms. The van der Waals surface area contributed by atoms with Crippen molar-refractivity contribution in [3.05, 3.63) is 35.4 Å². The Morgan fingerprint density at radius 3 is 2.92 bits per heavy atom. The summed E-state index contributed by atoms with van der Waals surface area (Å²) in [5.74, 6) is 2.43. The summed E-state index contributed by atoms with van der Waals surface area (Å²) in [6, 6.07) is 8.53. The minimum Gasteiger partial charge on any atom is -0.352 e. The highest BCUT2D eigenvalue weighted by Gasteiger charge is 2.22. The largest absolute Gasteiger partial charge is 0.352 e. The van der Waals surface area contributed by atoms with Crippen LogP contribution in [0.25, 0.3) is 0 Å². The number of nitrogens with one attached hydrogen (secondary N) is 1. The summed E-state index contributed by atoms with van der Waals surface area (Å²) >= 11 is 2.07. The highest BCUT2D eigenvalue weighted by Crippen LogP contribution is 2.21. The van der Waals surface area contributed by atoms with Crippen molar-refractivity contribution in [1.29, 1.82) is 0 Å². The molecule has 2 fully saturated rings. The van der Waals surface area contributed by atoms with Gasteiger partial charge in [-0.25, -0.2) is 0 Å². The zero-order valence-corrected chi connectivity index (χ0v) is 16.7. The predicted octanol–water partition coefficient (Wildman–Crippen LogP) is 2.71. The van der Waals surface area contributed by atoms with Crippen molar-refractivity contribution in [2.24, 2.45) is 4.99 Å². The van der Waals surface area contributed by atoms with Crippen LogP contribution in [0.5, 0.6) is 0 Å². The van der Waals surface area contributed by atoms with Gasteiger partial charge in [0.15, 0.2) is 5.96 Å². The van der Waals surface area contributed by atoms with E-state index < -0.39 is 0 Å². The summed E-state index contributed by atoms with van der Waals surface area (Å²) in [4.78, 5) is 20.6. The first-order valence-electron chi connectivity index (χ1n) is 9.62. The van der Waals surface area contributed by atoms with Gasteiger partial charge in [-0.1, -0.05) is 31.2 Å². The minimum atomic E-state index is 0.280. The Balaban J connectivity index is 1.56. The number of aliphatic imine (C=N–C) groups is 1. The van der Waals surface area contributed by atoms with Gasteiger partial charge in [0.25, 0.3) is 0 Å². The standard InChI is InChI=1S/C20H30N4OS/c1-3-18-15-24(10-11-26-18)20(21-2)22-13-16-6-4-7-17(12-16)14-23-9-5-8-19(23)25/h4,6-7,12,18H,3,5,8-11,13-15H2,1-2H3,(H,21,22). The molecule has 1 N–H and O–H groups in total. The van der Waals surface area contributed by atoms with E-state index in [-0.39, 0.29) is 5.91 Å². The van der Waals surface area contributed by atoms with Gasteiger partial charge in [-0.2, -0.15) is 11.8 Å². The highest BCUT2D eigenvalue weighted by atomic mass is 32.2. The van der Waals surface area contributed by atoms with Crippen LogP contribution in [0.15, 0.2) is 29.3 Å². The third kappa shape index (κ3) is 4.93. The molecule has 0 aromatic heterocycles. The van der Waals surface area contributed by atoms with Crippen LogP contribution in [-0.4, -0.2) is 59.4 Å². The Morgan fingerprint density at radius 2 is 2.19 bits per heavy atom. The molecular weight excluding hydrogens is 344 g/mol. The molecule has 2 aliphatic heterocycles. The second-order valence-electron chi connectivity index (χ2n) is 6.99. The zero-order valence-electron chi connectivity index (χ0n) is 15.9. The van der Waals surface area contributed by atoms with E-state index in [9.17, 15) is 4.79 Å². The zero-order chi connectivity index (χ0) is 18.4. The SMILES string of the molecule is CCC1CN(C(=NC)NCc2cccc(CN3CCCC3=O)c2)CCS1. The molecule has 1 amide bonds. The molecule has 1 aromatic rings. The van der Waals surface area contributed by atoms with E-state index in [0.717, 1.165) is 45.1 Å². The lowest BCUT2D eigenvalue weighted by Crippen LogP contribution is -2.47. The van der Waals surface area contributed by atoms with Gasteiger partial charge in [-0.3, -0.25) is 9.79 Å². The number of hydrogen-bond acceptors (Lipinski definition) is 3. The number of hydrogen-bond donors (Lipinski definition) is 1. The summed E-state index contributed by atoms with van der Waals surface area (Å²) in [6.45, 7) is 6.75. The van der Waals surface area contributed by atoms with Gasteiger partial charge in [0, 0.05) is 57.2 Å². The number of carbonyl (C=O) groups excluding carboxylic acids is 1. The molecular formula is C20H30N4OS. The van der Waals surface area contributed by atoms with Gasteiger partial charge in [0.1, 0.15) is 0 Å². The number of likely N-dealkylation sites (tertiary alicyclic amines) is 1. The lowest BCUT2D eigenvalue weighted by atomic mass is 10.1. The third-order valence-corrected chi connectivity index (χ3v) is 6.46. The molecule has 142 valence electrons. The van der Waals surface area contributed by atoms with Crippen molar-refractivity contribution < 1.29 is 4.79 Å². The van der Waals surface area contributed by atoms with Crippen molar-refractivity contribution in [3.63, 3.8) is 0 Å². The molecule has 0 aliphatic carbocycles. The monoisotopic (exact) mass is 374 g/mol. The molecule has 2 saturated heterocycles. The van der Waals surface area contributed by atoms with Gasteiger partial charge < -0.3 is 15.1 Å². The second-order valence-corrected chi connectivity index (χ2v) is 8.39. The molecule has 3 rings (SSSR count). The minimum absolute atomic E-state index is 0.280. The maximum atomic E-state index is 11.8. The quantitative estimate of drug-likeness (QED) is 0.636. The molecule has 0 saturated carbocycles. The average Bonchev–Trinajstić information content (AvgIpc) is 3.07. The lowest BCUT2D eigenvalue weighted by molar-refractivity contribution is -0.128. The van der Waals surface area contributed by atoms with Crippen LogP contribution in [0.1, 0.15) is 37.3 Å². The van der Waals surface area contributed by atoms with Crippen molar-refractivity contribution in [2.75, 3.05) is 32.4 Å². The fourth-order valence-electron chi connectivity index (χ4n) is 3.60. The molecule has 5 nitrogen and oxygen atoms in total. The van der Waals surface area contributed by atoms with Gasteiger partial charge in [-0.15, -0.1) is 0 Å². The van der Waals surface area contributed by atoms with Crippen LogP contribution in [-0.2, 0) is 17.9 Å². The first-order valence-corrected chi connectivity index (χ1v) is 10.7. The van der Waals surface area contributed by atoms with Crippen molar-refractivity contribution in [3.8, 4) is 0 Å². The number of carbonyl (C=O) groups is 1. The molecule has 6 heteroatoms. The normalized spacial score (nSPS) is 21.4. The molecule has 0 spiro atoms. The van der Waals surface area contributed by atoms with Crippen molar-refractivity contribution >= 4 is 23.6 Å². The van der Waals surface area contributed by atoms with E-state index in [2.05, 4.69) is 58.2 Å². The van der Waals surface area contributed by atoms with Crippen LogP contribution >= 0.6 is 11.8 Å².